The van der Waals surface area contributed by atoms with Crippen LogP contribution < -0.4 is 10.6 Å². The third kappa shape index (κ3) is 10.3. The van der Waals surface area contributed by atoms with Crippen molar-refractivity contribution < 1.29 is 24.2 Å². The molecule has 8 nitrogen and oxygen atoms in total. The van der Waals surface area contributed by atoms with E-state index in [2.05, 4.69) is 17.6 Å². The summed E-state index contributed by atoms with van der Waals surface area (Å²) in [5.74, 6) is -0.797. The van der Waals surface area contributed by atoms with Gasteiger partial charge in [0.25, 0.3) is 0 Å². The van der Waals surface area contributed by atoms with Gasteiger partial charge in [0.1, 0.15) is 17.7 Å². The quantitative estimate of drug-likeness (QED) is 0.359. The minimum atomic E-state index is -1.23. The van der Waals surface area contributed by atoms with Crippen LogP contribution in [-0.2, 0) is 14.3 Å². The van der Waals surface area contributed by atoms with Crippen LogP contribution in [0, 0.1) is 13.8 Å². The van der Waals surface area contributed by atoms with Gasteiger partial charge in [-0.15, -0.1) is 0 Å². The molecule has 0 aliphatic heterocycles. The Balaban J connectivity index is 3.40. The summed E-state index contributed by atoms with van der Waals surface area (Å²) in [6, 6.07) is 3.67. The lowest BCUT2D eigenvalue weighted by molar-refractivity contribution is -0.143. The van der Waals surface area contributed by atoms with Gasteiger partial charge in [-0.3, -0.25) is 9.59 Å². The van der Waals surface area contributed by atoms with Gasteiger partial charge in [0.05, 0.1) is 6.61 Å². The molecule has 0 spiro atoms. The number of benzene rings is 1. The predicted octanol–water partition coefficient (Wildman–Crippen LogP) is 4.17. The number of nitrogens with one attached hydrogen (secondary N) is 2. The summed E-state index contributed by atoms with van der Waals surface area (Å²) in [6.45, 7) is 13.4. The predicted molar refractivity (Wildman–Crippen MR) is 138 cm³/mol. The van der Waals surface area contributed by atoms with Gasteiger partial charge < -0.3 is 25.4 Å². The van der Waals surface area contributed by atoms with Gasteiger partial charge in [0.15, 0.2) is 0 Å². The minimum Gasteiger partial charge on any atom is -0.444 e. The molecule has 0 aliphatic rings. The average molecular weight is 492 g/mol. The highest BCUT2D eigenvalue weighted by molar-refractivity contribution is 5.92. The van der Waals surface area contributed by atoms with Crippen LogP contribution in [0.5, 0.6) is 0 Å². The SMILES string of the molecule is CCCCCN(C(=O)C(CO)NC(=O)OC(C)(C)C)C(C(=O)NCCCC)c1ccc(C)cc1C. The molecular weight excluding hydrogens is 446 g/mol. The van der Waals surface area contributed by atoms with E-state index in [-0.39, 0.29) is 5.91 Å². The van der Waals surface area contributed by atoms with Gasteiger partial charge >= 0.3 is 6.09 Å². The summed E-state index contributed by atoms with van der Waals surface area (Å²) < 4.78 is 5.28. The summed E-state index contributed by atoms with van der Waals surface area (Å²) in [6.07, 6.45) is 3.47. The summed E-state index contributed by atoms with van der Waals surface area (Å²) in [5, 5.41) is 15.5. The third-order valence-electron chi connectivity index (χ3n) is 5.57. The van der Waals surface area contributed by atoms with Crippen molar-refractivity contribution >= 4 is 17.9 Å². The molecule has 2 unspecified atom stereocenters. The fraction of sp³-hybridized carbons (Fsp3) is 0.667. The zero-order valence-corrected chi connectivity index (χ0v) is 22.6. The van der Waals surface area contributed by atoms with Crippen molar-refractivity contribution in [2.24, 2.45) is 0 Å². The zero-order chi connectivity index (χ0) is 26.6. The number of aliphatic hydroxyl groups excluding tert-OH is 1. The van der Waals surface area contributed by atoms with Crippen molar-refractivity contribution in [2.75, 3.05) is 19.7 Å². The maximum absolute atomic E-state index is 13.7. The Morgan fingerprint density at radius 2 is 1.71 bits per heavy atom. The molecule has 0 radical (unpaired) electrons. The monoisotopic (exact) mass is 491 g/mol. The molecule has 0 aromatic heterocycles. The molecule has 3 amide bonds. The molecule has 0 fully saturated rings. The molecule has 35 heavy (non-hydrogen) atoms. The Labute approximate surface area is 210 Å². The normalized spacial score (nSPS) is 13.0. The summed E-state index contributed by atoms with van der Waals surface area (Å²) in [5.41, 5.74) is 1.92. The molecule has 0 heterocycles. The van der Waals surface area contributed by atoms with E-state index in [1.165, 1.54) is 4.90 Å². The van der Waals surface area contributed by atoms with Gasteiger partial charge in [-0.25, -0.2) is 4.79 Å². The van der Waals surface area contributed by atoms with Crippen molar-refractivity contribution in [3.05, 3.63) is 34.9 Å². The first-order valence-corrected chi connectivity index (χ1v) is 12.7. The van der Waals surface area contributed by atoms with Crippen LogP contribution in [-0.4, -0.2) is 59.3 Å². The molecule has 1 rings (SSSR count). The van der Waals surface area contributed by atoms with E-state index in [0.29, 0.717) is 19.5 Å². The van der Waals surface area contributed by atoms with Crippen molar-refractivity contribution in [2.45, 2.75) is 98.3 Å². The highest BCUT2D eigenvalue weighted by atomic mass is 16.6. The lowest BCUT2D eigenvalue weighted by Crippen LogP contribution is -2.54. The first-order chi connectivity index (χ1) is 16.4. The Morgan fingerprint density at radius 1 is 1.06 bits per heavy atom. The molecule has 0 aliphatic carbocycles. The topological polar surface area (TPSA) is 108 Å². The fourth-order valence-corrected chi connectivity index (χ4v) is 3.80. The lowest BCUT2D eigenvalue weighted by atomic mass is 9.96. The fourth-order valence-electron chi connectivity index (χ4n) is 3.80. The number of carbonyl (C=O) groups is 3. The van der Waals surface area contributed by atoms with Gasteiger partial charge in [-0.05, 0) is 58.6 Å². The number of carbonyl (C=O) groups excluding carboxylic acids is 3. The number of aliphatic hydroxyl groups is 1. The van der Waals surface area contributed by atoms with Crippen LogP contribution >= 0.6 is 0 Å². The van der Waals surface area contributed by atoms with Gasteiger partial charge in [-0.2, -0.15) is 0 Å². The largest absolute Gasteiger partial charge is 0.444 e. The van der Waals surface area contributed by atoms with E-state index in [0.717, 1.165) is 42.4 Å². The number of hydrogen-bond donors (Lipinski definition) is 3. The molecular formula is C27H45N3O5. The highest BCUT2D eigenvalue weighted by Crippen LogP contribution is 2.27. The molecule has 2 atom stereocenters. The smallest absolute Gasteiger partial charge is 0.408 e. The average Bonchev–Trinajstić information content (AvgIpc) is 2.76. The number of rotatable bonds is 13. The Bertz CT molecular complexity index is 835. The molecule has 198 valence electrons. The van der Waals surface area contributed by atoms with Crippen molar-refractivity contribution in [1.29, 1.82) is 0 Å². The van der Waals surface area contributed by atoms with E-state index >= 15 is 0 Å². The van der Waals surface area contributed by atoms with Gasteiger partial charge in [0.2, 0.25) is 11.8 Å². The standard InChI is InChI=1S/C27H45N3O5/c1-8-10-12-16-30(25(33)22(18-31)29-26(34)35-27(5,6)7)23(24(32)28-15-11-9-2)21-14-13-19(3)17-20(21)4/h13-14,17,22-23,31H,8-12,15-16,18H2,1-7H3,(H,28,32)(H,29,34). The van der Waals surface area contributed by atoms with Crippen LogP contribution in [0.15, 0.2) is 18.2 Å². The first kappa shape index (κ1) is 30.4. The number of nitrogens with zero attached hydrogens (tertiary/aromatic N) is 1. The zero-order valence-electron chi connectivity index (χ0n) is 22.6. The molecule has 8 heteroatoms. The number of alkyl carbamates (subject to hydrolysis) is 1. The van der Waals surface area contributed by atoms with Crippen molar-refractivity contribution in [1.82, 2.24) is 15.5 Å². The third-order valence-corrected chi connectivity index (χ3v) is 5.57. The summed E-state index contributed by atoms with van der Waals surface area (Å²) >= 11 is 0. The van der Waals surface area contributed by atoms with Crippen LogP contribution in [0.3, 0.4) is 0 Å². The number of unbranched alkanes of at least 4 members (excludes halogenated alkanes) is 3. The van der Waals surface area contributed by atoms with Crippen molar-refractivity contribution in [3.8, 4) is 0 Å². The maximum Gasteiger partial charge on any atom is 0.408 e. The van der Waals surface area contributed by atoms with Crippen LogP contribution in [0.4, 0.5) is 4.79 Å². The Morgan fingerprint density at radius 3 is 2.26 bits per heavy atom. The van der Waals surface area contributed by atoms with E-state index < -0.39 is 36.3 Å². The molecule has 0 saturated carbocycles. The number of hydrogen-bond acceptors (Lipinski definition) is 5. The molecule has 0 saturated heterocycles. The molecule has 1 aromatic rings. The molecule has 1 aromatic carbocycles. The van der Waals surface area contributed by atoms with Crippen LogP contribution in [0.25, 0.3) is 0 Å². The van der Waals surface area contributed by atoms with Crippen LogP contribution in [0.1, 0.15) is 89.5 Å². The number of ether oxygens (including phenoxy) is 1. The van der Waals surface area contributed by atoms with E-state index in [1.54, 1.807) is 20.8 Å². The Kier molecular flexibility index (Phi) is 12.8. The lowest BCUT2D eigenvalue weighted by Gasteiger charge is -2.35. The van der Waals surface area contributed by atoms with E-state index in [4.69, 9.17) is 4.74 Å². The van der Waals surface area contributed by atoms with Crippen molar-refractivity contribution in [3.63, 3.8) is 0 Å². The minimum absolute atomic E-state index is 0.274. The highest BCUT2D eigenvalue weighted by Gasteiger charge is 2.36. The Hall–Kier alpha value is -2.61. The first-order valence-electron chi connectivity index (χ1n) is 12.7. The second kappa shape index (κ2) is 14.7. The number of amides is 3. The second-order valence-electron chi connectivity index (χ2n) is 10.0. The summed E-state index contributed by atoms with van der Waals surface area (Å²) in [7, 11) is 0. The second-order valence-corrected chi connectivity index (χ2v) is 10.0. The van der Waals surface area contributed by atoms with E-state index in [1.807, 2.05) is 39.0 Å². The molecule has 0 bridgehead atoms. The number of aryl methyl sites for hydroxylation is 2. The van der Waals surface area contributed by atoms with Crippen LogP contribution in [0.2, 0.25) is 0 Å². The van der Waals surface area contributed by atoms with E-state index in [9.17, 15) is 19.5 Å². The van der Waals surface area contributed by atoms with Gasteiger partial charge in [0, 0.05) is 13.1 Å². The van der Waals surface area contributed by atoms with Gasteiger partial charge in [-0.1, -0.05) is 56.9 Å². The maximum atomic E-state index is 13.7. The molecule has 3 N–H and O–H groups in total. The summed E-state index contributed by atoms with van der Waals surface area (Å²) in [4.78, 5) is 41.0.